The van der Waals surface area contributed by atoms with Crippen LogP contribution in [0.4, 0.5) is 10.5 Å². The van der Waals surface area contributed by atoms with E-state index in [4.69, 9.17) is 5.11 Å². The number of hydrogen-bond donors (Lipinski definition) is 3. The van der Waals surface area contributed by atoms with Crippen molar-refractivity contribution in [2.75, 3.05) is 5.32 Å². The summed E-state index contributed by atoms with van der Waals surface area (Å²) in [5.74, 6) is -0.963. The van der Waals surface area contributed by atoms with E-state index in [0.717, 1.165) is 23.2 Å². The van der Waals surface area contributed by atoms with E-state index in [9.17, 15) is 9.59 Å². The monoisotopic (exact) mass is 262 g/mol. The van der Waals surface area contributed by atoms with Crippen molar-refractivity contribution >= 4 is 17.7 Å². The SMILES string of the molecule is Cc1cccc(C)c1NC(=O)NC1(C(=O)O)CCC1. The molecule has 3 N–H and O–H groups in total. The number of carboxylic acids is 1. The summed E-state index contributed by atoms with van der Waals surface area (Å²) >= 11 is 0. The first-order valence-corrected chi connectivity index (χ1v) is 6.33. The van der Waals surface area contributed by atoms with E-state index < -0.39 is 17.5 Å². The molecule has 0 unspecified atom stereocenters. The molecule has 0 spiro atoms. The van der Waals surface area contributed by atoms with Gasteiger partial charge in [0.15, 0.2) is 0 Å². The quantitative estimate of drug-likeness (QED) is 0.782. The summed E-state index contributed by atoms with van der Waals surface area (Å²) in [4.78, 5) is 23.1. The lowest BCUT2D eigenvalue weighted by Gasteiger charge is -2.38. The fourth-order valence-corrected chi connectivity index (χ4v) is 2.30. The summed E-state index contributed by atoms with van der Waals surface area (Å²) in [5.41, 5.74) is 1.56. The molecule has 1 aliphatic rings. The molecule has 1 aliphatic carbocycles. The summed E-state index contributed by atoms with van der Waals surface area (Å²) < 4.78 is 0. The Morgan fingerprint density at radius 1 is 1.21 bits per heavy atom. The van der Waals surface area contributed by atoms with Gasteiger partial charge in [-0.25, -0.2) is 9.59 Å². The molecule has 0 atom stereocenters. The van der Waals surface area contributed by atoms with E-state index in [1.807, 2.05) is 32.0 Å². The molecule has 0 bridgehead atoms. The standard InChI is InChI=1S/C14H18N2O3/c1-9-5-3-6-10(2)11(9)15-13(19)16-14(12(17)18)7-4-8-14/h3,5-6H,4,7-8H2,1-2H3,(H,17,18)(H2,15,16,19). The van der Waals surface area contributed by atoms with E-state index in [1.165, 1.54) is 0 Å². The summed E-state index contributed by atoms with van der Waals surface area (Å²) in [7, 11) is 0. The molecule has 0 aromatic heterocycles. The van der Waals surface area contributed by atoms with Crippen molar-refractivity contribution in [3.63, 3.8) is 0 Å². The number of rotatable bonds is 3. The van der Waals surface area contributed by atoms with Crippen LogP contribution < -0.4 is 10.6 Å². The first kappa shape index (κ1) is 13.4. The van der Waals surface area contributed by atoms with Gasteiger partial charge in [-0.15, -0.1) is 0 Å². The smallest absolute Gasteiger partial charge is 0.329 e. The van der Waals surface area contributed by atoms with Crippen molar-refractivity contribution in [3.05, 3.63) is 29.3 Å². The second-order valence-corrected chi connectivity index (χ2v) is 5.09. The van der Waals surface area contributed by atoms with Gasteiger partial charge in [-0.1, -0.05) is 18.2 Å². The Labute approximate surface area is 112 Å². The number of carboxylic acid groups (broad SMARTS) is 1. The van der Waals surface area contributed by atoms with E-state index in [0.29, 0.717) is 12.8 Å². The number of urea groups is 1. The van der Waals surface area contributed by atoms with E-state index >= 15 is 0 Å². The molecule has 5 nitrogen and oxygen atoms in total. The molecule has 19 heavy (non-hydrogen) atoms. The van der Waals surface area contributed by atoms with Crippen molar-refractivity contribution in [1.29, 1.82) is 0 Å². The Morgan fingerprint density at radius 3 is 2.21 bits per heavy atom. The van der Waals surface area contributed by atoms with Crippen LogP contribution in [-0.2, 0) is 4.79 Å². The topological polar surface area (TPSA) is 78.4 Å². The van der Waals surface area contributed by atoms with E-state index in [-0.39, 0.29) is 0 Å². The number of carbonyl (C=O) groups excluding carboxylic acids is 1. The number of para-hydroxylation sites is 1. The number of benzene rings is 1. The number of carbonyl (C=O) groups is 2. The van der Waals surface area contributed by atoms with Gasteiger partial charge in [0.1, 0.15) is 5.54 Å². The molecular weight excluding hydrogens is 244 g/mol. The van der Waals surface area contributed by atoms with Crippen molar-refractivity contribution in [1.82, 2.24) is 5.32 Å². The van der Waals surface area contributed by atoms with E-state index in [1.54, 1.807) is 0 Å². The van der Waals surface area contributed by atoms with Crippen molar-refractivity contribution in [2.24, 2.45) is 0 Å². The summed E-state index contributed by atoms with van der Waals surface area (Å²) in [6, 6.07) is 5.26. The lowest BCUT2D eigenvalue weighted by molar-refractivity contribution is -0.148. The molecular formula is C14H18N2O3. The molecule has 1 fully saturated rings. The second kappa shape index (κ2) is 4.91. The van der Waals surface area contributed by atoms with Crippen LogP contribution in [0.1, 0.15) is 30.4 Å². The predicted octanol–water partition coefficient (Wildman–Crippen LogP) is 2.43. The van der Waals surface area contributed by atoms with Crippen molar-refractivity contribution in [2.45, 2.75) is 38.6 Å². The van der Waals surface area contributed by atoms with Crippen LogP contribution in [-0.4, -0.2) is 22.6 Å². The third-order valence-electron chi connectivity index (χ3n) is 3.69. The van der Waals surface area contributed by atoms with Crippen LogP contribution in [0.2, 0.25) is 0 Å². The average Bonchev–Trinajstić information content (AvgIpc) is 2.28. The van der Waals surface area contributed by atoms with Gasteiger partial charge in [-0.2, -0.15) is 0 Å². The summed E-state index contributed by atoms with van der Waals surface area (Å²) in [6.45, 7) is 3.80. The highest BCUT2D eigenvalue weighted by molar-refractivity contribution is 5.95. The fourth-order valence-electron chi connectivity index (χ4n) is 2.30. The van der Waals surface area contributed by atoms with Crippen LogP contribution in [0.15, 0.2) is 18.2 Å². The maximum atomic E-state index is 11.9. The van der Waals surface area contributed by atoms with Crippen LogP contribution in [0.25, 0.3) is 0 Å². The molecule has 0 radical (unpaired) electrons. The Balaban J connectivity index is 2.08. The fraction of sp³-hybridized carbons (Fsp3) is 0.429. The predicted molar refractivity (Wildman–Crippen MR) is 72.3 cm³/mol. The summed E-state index contributed by atoms with van der Waals surface area (Å²) in [6.07, 6.45) is 1.81. The number of anilines is 1. The Hall–Kier alpha value is -2.04. The van der Waals surface area contributed by atoms with Gasteiger partial charge < -0.3 is 15.7 Å². The number of amides is 2. The van der Waals surface area contributed by atoms with Gasteiger partial charge in [-0.05, 0) is 44.2 Å². The second-order valence-electron chi connectivity index (χ2n) is 5.09. The maximum absolute atomic E-state index is 11.9. The number of nitrogens with one attached hydrogen (secondary N) is 2. The van der Waals surface area contributed by atoms with Gasteiger partial charge in [0.25, 0.3) is 0 Å². The van der Waals surface area contributed by atoms with Gasteiger partial charge in [0, 0.05) is 5.69 Å². The first-order valence-electron chi connectivity index (χ1n) is 6.33. The third kappa shape index (κ3) is 2.54. The Bertz CT molecular complexity index is 501. The van der Waals surface area contributed by atoms with Crippen LogP contribution in [0, 0.1) is 13.8 Å². The summed E-state index contributed by atoms with van der Waals surface area (Å²) in [5, 5.41) is 14.5. The normalized spacial score (nSPS) is 16.3. The highest BCUT2D eigenvalue weighted by atomic mass is 16.4. The van der Waals surface area contributed by atoms with E-state index in [2.05, 4.69) is 10.6 Å². The molecule has 2 amide bonds. The Kier molecular flexibility index (Phi) is 3.46. The maximum Gasteiger partial charge on any atom is 0.329 e. The van der Waals surface area contributed by atoms with Gasteiger partial charge >= 0.3 is 12.0 Å². The average molecular weight is 262 g/mol. The van der Waals surface area contributed by atoms with Crippen molar-refractivity contribution in [3.8, 4) is 0 Å². The minimum absolute atomic E-state index is 0.459. The molecule has 2 rings (SSSR count). The molecule has 102 valence electrons. The number of aryl methyl sites for hydroxylation is 2. The molecule has 0 heterocycles. The minimum Gasteiger partial charge on any atom is -0.480 e. The molecule has 1 saturated carbocycles. The highest BCUT2D eigenvalue weighted by Crippen LogP contribution is 2.32. The molecule has 5 heteroatoms. The molecule has 0 aliphatic heterocycles. The largest absolute Gasteiger partial charge is 0.480 e. The zero-order valence-electron chi connectivity index (χ0n) is 11.1. The zero-order valence-corrected chi connectivity index (χ0v) is 11.1. The number of hydrogen-bond acceptors (Lipinski definition) is 2. The third-order valence-corrected chi connectivity index (χ3v) is 3.69. The van der Waals surface area contributed by atoms with Crippen LogP contribution in [0.5, 0.6) is 0 Å². The Morgan fingerprint density at radius 2 is 1.79 bits per heavy atom. The van der Waals surface area contributed by atoms with Gasteiger partial charge in [-0.3, -0.25) is 0 Å². The molecule has 1 aromatic carbocycles. The van der Waals surface area contributed by atoms with Gasteiger partial charge in [0.05, 0.1) is 0 Å². The first-order chi connectivity index (χ1) is 8.94. The highest BCUT2D eigenvalue weighted by Gasteiger charge is 2.45. The molecule has 1 aromatic rings. The van der Waals surface area contributed by atoms with Gasteiger partial charge in [0.2, 0.25) is 0 Å². The minimum atomic E-state index is -1.08. The van der Waals surface area contributed by atoms with Crippen LogP contribution >= 0.6 is 0 Å². The lowest BCUT2D eigenvalue weighted by Crippen LogP contribution is -2.60. The molecule has 0 saturated heterocycles. The zero-order chi connectivity index (χ0) is 14.0. The number of aliphatic carboxylic acids is 1. The van der Waals surface area contributed by atoms with Crippen LogP contribution in [0.3, 0.4) is 0 Å². The lowest BCUT2D eigenvalue weighted by atomic mass is 9.77. The van der Waals surface area contributed by atoms with Crippen molar-refractivity contribution < 1.29 is 14.7 Å².